The molecule has 6 nitrogen and oxygen atoms in total. The predicted molar refractivity (Wildman–Crippen MR) is 80.6 cm³/mol. The van der Waals surface area contributed by atoms with Crippen molar-refractivity contribution in [2.45, 2.75) is 32.6 Å². The van der Waals surface area contributed by atoms with E-state index >= 15 is 0 Å². The molecule has 0 bridgehead atoms. The monoisotopic (exact) mass is 279 g/mol. The second-order valence-corrected chi connectivity index (χ2v) is 5.43. The first kappa shape index (κ1) is 14.7. The van der Waals surface area contributed by atoms with Crippen LogP contribution in [-0.4, -0.2) is 35.8 Å². The number of nitrogens with zero attached hydrogens (tertiary/aromatic N) is 3. The average molecular weight is 279 g/mol. The van der Waals surface area contributed by atoms with Gasteiger partial charge in [-0.3, -0.25) is 9.48 Å². The van der Waals surface area contributed by atoms with Gasteiger partial charge in [0.25, 0.3) is 0 Å². The summed E-state index contributed by atoms with van der Waals surface area (Å²) >= 11 is 0. The van der Waals surface area contributed by atoms with Crippen LogP contribution in [0.2, 0.25) is 0 Å². The van der Waals surface area contributed by atoms with Gasteiger partial charge in [-0.15, -0.1) is 0 Å². The minimum absolute atomic E-state index is 0.126. The molecule has 0 spiro atoms. The standard InChI is InChI=1S/C14H25N5O/c1-4-5-11-12(15)14(18(3)17-11)19-8-6-10(7-9-19)13(20)16-2/h10H,4-9,15H2,1-3H3,(H,16,20). The number of anilines is 2. The van der Waals surface area contributed by atoms with Crippen molar-refractivity contribution in [2.75, 3.05) is 30.8 Å². The zero-order valence-electron chi connectivity index (χ0n) is 12.6. The fourth-order valence-corrected chi connectivity index (χ4v) is 2.94. The van der Waals surface area contributed by atoms with Crippen LogP contribution < -0.4 is 16.0 Å². The van der Waals surface area contributed by atoms with Gasteiger partial charge in [-0.25, -0.2) is 0 Å². The van der Waals surface area contributed by atoms with Crippen LogP contribution in [0.5, 0.6) is 0 Å². The van der Waals surface area contributed by atoms with Crippen LogP contribution in [0.15, 0.2) is 0 Å². The average Bonchev–Trinajstić information content (AvgIpc) is 2.73. The van der Waals surface area contributed by atoms with Crippen LogP contribution in [0.25, 0.3) is 0 Å². The van der Waals surface area contributed by atoms with Gasteiger partial charge >= 0.3 is 0 Å². The maximum atomic E-state index is 11.7. The number of nitrogen functional groups attached to an aromatic ring is 1. The fraction of sp³-hybridized carbons (Fsp3) is 0.714. The minimum atomic E-state index is 0.126. The third-order valence-corrected chi connectivity index (χ3v) is 4.03. The first-order chi connectivity index (χ1) is 9.58. The summed E-state index contributed by atoms with van der Waals surface area (Å²) in [5.74, 6) is 1.28. The molecule has 1 saturated heterocycles. The van der Waals surface area contributed by atoms with Gasteiger partial charge in [0.1, 0.15) is 5.82 Å². The van der Waals surface area contributed by atoms with Crippen LogP contribution in [0, 0.1) is 5.92 Å². The Balaban J connectivity index is 2.09. The lowest BCUT2D eigenvalue weighted by molar-refractivity contribution is -0.125. The molecule has 0 aromatic carbocycles. The molecule has 0 radical (unpaired) electrons. The maximum absolute atomic E-state index is 11.7. The van der Waals surface area contributed by atoms with Crippen molar-refractivity contribution < 1.29 is 4.79 Å². The summed E-state index contributed by atoms with van der Waals surface area (Å²) in [5.41, 5.74) is 8.02. The summed E-state index contributed by atoms with van der Waals surface area (Å²) in [4.78, 5) is 13.9. The van der Waals surface area contributed by atoms with Crippen molar-refractivity contribution in [3.05, 3.63) is 5.69 Å². The Labute approximate surface area is 120 Å². The fourth-order valence-electron chi connectivity index (χ4n) is 2.94. The Morgan fingerprint density at radius 1 is 1.45 bits per heavy atom. The van der Waals surface area contributed by atoms with E-state index in [2.05, 4.69) is 22.2 Å². The van der Waals surface area contributed by atoms with Gasteiger partial charge in [0, 0.05) is 33.1 Å². The summed E-state index contributed by atoms with van der Waals surface area (Å²) in [6.45, 7) is 3.84. The number of carbonyl (C=O) groups excluding carboxylic acids is 1. The van der Waals surface area contributed by atoms with Crippen LogP contribution in [-0.2, 0) is 18.3 Å². The number of aryl methyl sites for hydroxylation is 2. The second kappa shape index (κ2) is 6.15. The van der Waals surface area contributed by atoms with Crippen molar-refractivity contribution in [1.29, 1.82) is 0 Å². The molecule has 1 fully saturated rings. The van der Waals surface area contributed by atoms with Gasteiger partial charge in [0.15, 0.2) is 0 Å². The lowest BCUT2D eigenvalue weighted by Gasteiger charge is -2.32. The van der Waals surface area contributed by atoms with E-state index in [4.69, 9.17) is 5.73 Å². The molecular formula is C14H25N5O. The van der Waals surface area contributed by atoms with E-state index in [9.17, 15) is 4.79 Å². The molecule has 2 heterocycles. The molecule has 1 amide bonds. The first-order valence-corrected chi connectivity index (χ1v) is 7.36. The normalized spacial score (nSPS) is 16.4. The molecule has 0 aliphatic carbocycles. The van der Waals surface area contributed by atoms with Crippen molar-refractivity contribution >= 4 is 17.4 Å². The lowest BCUT2D eigenvalue weighted by atomic mass is 9.96. The summed E-state index contributed by atoms with van der Waals surface area (Å²) in [6.07, 6.45) is 3.69. The van der Waals surface area contributed by atoms with Gasteiger partial charge in [-0.1, -0.05) is 13.3 Å². The Hall–Kier alpha value is -1.72. The highest BCUT2D eigenvalue weighted by Crippen LogP contribution is 2.30. The number of hydrogen-bond donors (Lipinski definition) is 2. The maximum Gasteiger partial charge on any atom is 0.222 e. The number of nitrogens with one attached hydrogen (secondary N) is 1. The highest BCUT2D eigenvalue weighted by molar-refractivity contribution is 5.78. The quantitative estimate of drug-likeness (QED) is 0.859. The smallest absolute Gasteiger partial charge is 0.222 e. The van der Waals surface area contributed by atoms with Crippen molar-refractivity contribution in [3.63, 3.8) is 0 Å². The molecule has 1 aliphatic heterocycles. The van der Waals surface area contributed by atoms with E-state index in [0.29, 0.717) is 0 Å². The zero-order chi connectivity index (χ0) is 14.7. The summed E-state index contributed by atoms with van der Waals surface area (Å²) in [7, 11) is 3.64. The van der Waals surface area contributed by atoms with E-state index in [1.54, 1.807) is 7.05 Å². The molecule has 1 aromatic heterocycles. The Bertz CT molecular complexity index is 474. The molecule has 1 aromatic rings. The highest BCUT2D eigenvalue weighted by atomic mass is 16.1. The molecule has 0 saturated carbocycles. The molecule has 3 N–H and O–H groups in total. The van der Waals surface area contributed by atoms with Crippen LogP contribution in [0.3, 0.4) is 0 Å². The minimum Gasteiger partial charge on any atom is -0.394 e. The Morgan fingerprint density at radius 3 is 2.65 bits per heavy atom. The van der Waals surface area contributed by atoms with E-state index in [1.807, 2.05) is 11.7 Å². The molecule has 20 heavy (non-hydrogen) atoms. The summed E-state index contributed by atoms with van der Waals surface area (Å²) in [5, 5.41) is 7.25. The summed E-state index contributed by atoms with van der Waals surface area (Å²) in [6, 6.07) is 0. The van der Waals surface area contributed by atoms with E-state index < -0.39 is 0 Å². The number of aromatic nitrogens is 2. The summed E-state index contributed by atoms with van der Waals surface area (Å²) < 4.78 is 1.88. The van der Waals surface area contributed by atoms with Gasteiger partial charge < -0.3 is 16.0 Å². The molecule has 0 atom stereocenters. The van der Waals surface area contributed by atoms with E-state index in [0.717, 1.165) is 56.0 Å². The number of piperidine rings is 1. The molecule has 2 rings (SSSR count). The molecule has 0 unspecified atom stereocenters. The van der Waals surface area contributed by atoms with Gasteiger partial charge in [0.2, 0.25) is 5.91 Å². The molecule has 6 heteroatoms. The third kappa shape index (κ3) is 2.73. The number of amides is 1. The number of carbonyl (C=O) groups is 1. The largest absolute Gasteiger partial charge is 0.394 e. The van der Waals surface area contributed by atoms with Gasteiger partial charge in [0.05, 0.1) is 11.4 Å². The molecule has 112 valence electrons. The molecular weight excluding hydrogens is 254 g/mol. The third-order valence-electron chi connectivity index (χ3n) is 4.03. The van der Waals surface area contributed by atoms with Crippen molar-refractivity contribution in [2.24, 2.45) is 13.0 Å². The van der Waals surface area contributed by atoms with Gasteiger partial charge in [-0.05, 0) is 19.3 Å². The second-order valence-electron chi connectivity index (χ2n) is 5.43. The van der Waals surface area contributed by atoms with Crippen LogP contribution in [0.4, 0.5) is 11.5 Å². The van der Waals surface area contributed by atoms with Crippen LogP contribution in [0.1, 0.15) is 31.9 Å². The zero-order valence-corrected chi connectivity index (χ0v) is 12.6. The van der Waals surface area contributed by atoms with Crippen LogP contribution >= 0.6 is 0 Å². The van der Waals surface area contributed by atoms with Crippen molar-refractivity contribution in [3.8, 4) is 0 Å². The predicted octanol–water partition coefficient (Wildman–Crippen LogP) is 0.917. The first-order valence-electron chi connectivity index (χ1n) is 7.36. The Morgan fingerprint density at radius 2 is 2.10 bits per heavy atom. The number of nitrogens with two attached hydrogens (primary N) is 1. The Kier molecular flexibility index (Phi) is 4.52. The number of rotatable bonds is 4. The highest BCUT2D eigenvalue weighted by Gasteiger charge is 2.27. The van der Waals surface area contributed by atoms with E-state index in [1.165, 1.54) is 0 Å². The van der Waals surface area contributed by atoms with Crippen molar-refractivity contribution in [1.82, 2.24) is 15.1 Å². The van der Waals surface area contributed by atoms with E-state index in [-0.39, 0.29) is 11.8 Å². The molecule has 1 aliphatic rings. The van der Waals surface area contributed by atoms with Gasteiger partial charge in [-0.2, -0.15) is 5.10 Å². The lowest BCUT2D eigenvalue weighted by Crippen LogP contribution is -2.40. The SMILES string of the molecule is CCCc1nn(C)c(N2CCC(C(=O)NC)CC2)c1N. The number of hydrogen-bond acceptors (Lipinski definition) is 4. The topological polar surface area (TPSA) is 76.2 Å².